The maximum Gasteiger partial charge on any atom is 0.263 e. The number of halogens is 1. The molecule has 0 spiro atoms. The van der Waals surface area contributed by atoms with Crippen LogP contribution in [0, 0.1) is 0 Å². The number of sulfonamides is 1. The van der Waals surface area contributed by atoms with Crippen LogP contribution in [0.2, 0.25) is 5.02 Å². The van der Waals surface area contributed by atoms with E-state index in [1.807, 2.05) is 6.07 Å². The fourth-order valence-electron chi connectivity index (χ4n) is 2.54. The molecule has 29 heavy (non-hydrogen) atoms. The number of methoxy groups -OCH3 is 1. The molecule has 2 aromatic carbocycles. The van der Waals surface area contributed by atoms with E-state index in [1.54, 1.807) is 24.3 Å². The molecule has 3 rings (SSSR count). The molecule has 3 aromatic rings. The molecule has 152 valence electrons. The Kier molecular flexibility index (Phi) is 6.53. The van der Waals surface area contributed by atoms with Crippen LogP contribution >= 0.6 is 11.6 Å². The Morgan fingerprint density at radius 3 is 2.48 bits per heavy atom. The highest BCUT2D eigenvalue weighted by molar-refractivity contribution is 7.92. The average Bonchev–Trinajstić information content (AvgIpc) is 3.12. The summed E-state index contributed by atoms with van der Waals surface area (Å²) in [6.07, 6.45) is 1.31. The molecular weight excluding hydrogens is 416 g/mol. The van der Waals surface area contributed by atoms with Gasteiger partial charge in [-0.3, -0.25) is 9.52 Å². The molecule has 1 amide bonds. The minimum Gasteiger partial charge on any atom is -0.383 e. The van der Waals surface area contributed by atoms with Gasteiger partial charge in [0.25, 0.3) is 15.9 Å². The molecule has 0 fully saturated rings. The van der Waals surface area contributed by atoms with Crippen LogP contribution in [0.3, 0.4) is 0 Å². The molecule has 0 unspecified atom stereocenters. The number of anilines is 1. The lowest BCUT2D eigenvalue weighted by molar-refractivity contribution is 0.0938. The lowest BCUT2D eigenvalue weighted by atomic mass is 10.3. The highest BCUT2D eigenvalue weighted by Crippen LogP contribution is 2.24. The minimum atomic E-state index is -3.99. The predicted molar refractivity (Wildman–Crippen MR) is 110 cm³/mol. The molecule has 1 heterocycles. The second-order valence-corrected chi connectivity index (χ2v) is 8.08. The van der Waals surface area contributed by atoms with Crippen molar-refractivity contribution in [1.82, 2.24) is 15.1 Å². The summed E-state index contributed by atoms with van der Waals surface area (Å²) >= 11 is 5.84. The van der Waals surface area contributed by atoms with E-state index in [-0.39, 0.29) is 22.8 Å². The summed E-state index contributed by atoms with van der Waals surface area (Å²) in [6.45, 7) is 0.597. The molecule has 8 nitrogen and oxygen atoms in total. The van der Waals surface area contributed by atoms with Crippen LogP contribution in [0.4, 0.5) is 5.82 Å². The SMILES string of the molecule is COCCNC(=O)c1cnn(-c2ccccc2)c1NS(=O)(=O)c1ccc(Cl)cc1. The van der Waals surface area contributed by atoms with Crippen molar-refractivity contribution in [3.05, 3.63) is 71.4 Å². The highest BCUT2D eigenvalue weighted by atomic mass is 35.5. The van der Waals surface area contributed by atoms with Crippen molar-refractivity contribution in [2.24, 2.45) is 0 Å². The number of hydrogen-bond donors (Lipinski definition) is 2. The number of para-hydroxylation sites is 1. The zero-order valence-electron chi connectivity index (χ0n) is 15.5. The van der Waals surface area contributed by atoms with Crippen LogP contribution in [0.5, 0.6) is 0 Å². The van der Waals surface area contributed by atoms with Crippen LogP contribution < -0.4 is 10.0 Å². The van der Waals surface area contributed by atoms with Gasteiger partial charge >= 0.3 is 0 Å². The Morgan fingerprint density at radius 1 is 1.14 bits per heavy atom. The van der Waals surface area contributed by atoms with Gasteiger partial charge in [0, 0.05) is 18.7 Å². The number of ether oxygens (including phenoxy) is 1. The molecular formula is C19H19ClN4O4S. The van der Waals surface area contributed by atoms with Crippen molar-refractivity contribution in [3.63, 3.8) is 0 Å². The van der Waals surface area contributed by atoms with Gasteiger partial charge in [-0.25, -0.2) is 13.1 Å². The van der Waals surface area contributed by atoms with E-state index in [9.17, 15) is 13.2 Å². The first-order valence-corrected chi connectivity index (χ1v) is 10.5. The number of carbonyl (C=O) groups excluding carboxylic acids is 1. The van der Waals surface area contributed by atoms with Gasteiger partial charge in [-0.05, 0) is 36.4 Å². The smallest absolute Gasteiger partial charge is 0.263 e. The van der Waals surface area contributed by atoms with Crippen LogP contribution in [0.25, 0.3) is 5.69 Å². The second kappa shape index (κ2) is 9.08. The second-order valence-electron chi connectivity index (χ2n) is 5.96. The topological polar surface area (TPSA) is 102 Å². The van der Waals surface area contributed by atoms with Gasteiger partial charge in [-0.1, -0.05) is 29.8 Å². The molecule has 1 aromatic heterocycles. The Labute approximate surface area is 173 Å². The summed E-state index contributed by atoms with van der Waals surface area (Å²) in [7, 11) is -2.47. The van der Waals surface area contributed by atoms with Crippen LogP contribution in [-0.2, 0) is 14.8 Å². The monoisotopic (exact) mass is 434 g/mol. The fourth-order valence-corrected chi connectivity index (χ4v) is 3.73. The zero-order chi connectivity index (χ0) is 20.9. The lowest BCUT2D eigenvalue weighted by Crippen LogP contribution is -2.28. The van der Waals surface area contributed by atoms with E-state index in [1.165, 1.54) is 42.3 Å². The Bertz CT molecular complexity index is 1080. The van der Waals surface area contributed by atoms with Crippen LogP contribution in [0.15, 0.2) is 65.7 Å². The third-order valence-electron chi connectivity index (χ3n) is 3.96. The van der Waals surface area contributed by atoms with Gasteiger partial charge in [-0.2, -0.15) is 5.10 Å². The lowest BCUT2D eigenvalue weighted by Gasteiger charge is -2.13. The summed E-state index contributed by atoms with van der Waals surface area (Å²) in [6, 6.07) is 14.6. The Balaban J connectivity index is 2.01. The zero-order valence-corrected chi connectivity index (χ0v) is 17.1. The number of nitrogens with one attached hydrogen (secondary N) is 2. The van der Waals surface area contributed by atoms with E-state index in [0.29, 0.717) is 17.3 Å². The Morgan fingerprint density at radius 2 is 1.83 bits per heavy atom. The average molecular weight is 435 g/mol. The third-order valence-corrected chi connectivity index (χ3v) is 5.57. The van der Waals surface area contributed by atoms with Crippen molar-refractivity contribution in [2.45, 2.75) is 4.90 Å². The summed E-state index contributed by atoms with van der Waals surface area (Å²) in [5, 5.41) is 7.29. The van der Waals surface area contributed by atoms with Crippen molar-refractivity contribution in [1.29, 1.82) is 0 Å². The van der Waals surface area contributed by atoms with E-state index in [4.69, 9.17) is 16.3 Å². The molecule has 2 N–H and O–H groups in total. The van der Waals surface area contributed by atoms with Crippen molar-refractivity contribution in [3.8, 4) is 5.69 Å². The number of rotatable bonds is 8. The number of amides is 1. The van der Waals surface area contributed by atoms with Crippen molar-refractivity contribution >= 4 is 33.3 Å². The standard InChI is InChI=1S/C19H19ClN4O4S/c1-28-12-11-21-19(25)17-13-22-24(15-5-3-2-4-6-15)18(17)23-29(26,27)16-9-7-14(20)8-10-16/h2-10,13,23H,11-12H2,1H3,(H,21,25). The predicted octanol–water partition coefficient (Wildman–Crippen LogP) is 2.70. The van der Waals surface area contributed by atoms with Crippen molar-refractivity contribution in [2.75, 3.05) is 25.0 Å². The van der Waals surface area contributed by atoms with Gasteiger partial charge in [-0.15, -0.1) is 0 Å². The fraction of sp³-hybridized carbons (Fsp3) is 0.158. The first kappa shape index (κ1) is 20.8. The summed E-state index contributed by atoms with van der Waals surface area (Å²) in [4.78, 5) is 12.6. The first-order valence-electron chi connectivity index (χ1n) is 8.61. The molecule has 0 aliphatic heterocycles. The van der Waals surface area contributed by atoms with Gasteiger partial charge in [0.05, 0.1) is 23.4 Å². The van der Waals surface area contributed by atoms with E-state index in [2.05, 4.69) is 15.1 Å². The highest BCUT2D eigenvalue weighted by Gasteiger charge is 2.24. The van der Waals surface area contributed by atoms with Crippen LogP contribution in [0.1, 0.15) is 10.4 Å². The van der Waals surface area contributed by atoms with Gasteiger partial charge in [0.15, 0.2) is 5.82 Å². The van der Waals surface area contributed by atoms with Gasteiger partial charge in [0.1, 0.15) is 5.56 Å². The Hall–Kier alpha value is -2.88. The van der Waals surface area contributed by atoms with E-state index >= 15 is 0 Å². The molecule has 0 saturated heterocycles. The van der Waals surface area contributed by atoms with E-state index < -0.39 is 15.9 Å². The van der Waals surface area contributed by atoms with Crippen LogP contribution in [-0.4, -0.2) is 44.4 Å². The van der Waals surface area contributed by atoms with E-state index in [0.717, 1.165) is 0 Å². The molecule has 0 saturated carbocycles. The van der Waals surface area contributed by atoms with Crippen molar-refractivity contribution < 1.29 is 17.9 Å². The summed E-state index contributed by atoms with van der Waals surface area (Å²) < 4.78 is 34.5. The maximum atomic E-state index is 12.9. The number of aromatic nitrogens is 2. The normalized spacial score (nSPS) is 11.2. The number of benzene rings is 2. The molecule has 10 heteroatoms. The number of nitrogens with zero attached hydrogens (tertiary/aromatic N) is 2. The summed E-state index contributed by atoms with van der Waals surface area (Å²) in [5.41, 5.74) is 0.680. The molecule has 0 aliphatic rings. The first-order chi connectivity index (χ1) is 13.9. The maximum absolute atomic E-state index is 12.9. The van der Waals surface area contributed by atoms with Gasteiger partial charge in [0.2, 0.25) is 0 Å². The third kappa shape index (κ3) is 4.94. The number of carbonyl (C=O) groups is 1. The minimum absolute atomic E-state index is 0.00783. The number of hydrogen-bond acceptors (Lipinski definition) is 5. The van der Waals surface area contributed by atoms with Gasteiger partial charge < -0.3 is 10.1 Å². The largest absolute Gasteiger partial charge is 0.383 e. The molecule has 0 radical (unpaired) electrons. The molecule has 0 aliphatic carbocycles. The molecule has 0 bridgehead atoms. The summed E-state index contributed by atoms with van der Waals surface area (Å²) in [5.74, 6) is -0.445. The molecule has 0 atom stereocenters. The quantitative estimate of drug-likeness (QED) is 0.531.